The summed E-state index contributed by atoms with van der Waals surface area (Å²) in [7, 11) is 0. The number of nitrogens with one attached hydrogen (secondary N) is 1. The van der Waals surface area contributed by atoms with Crippen molar-refractivity contribution in [2.45, 2.75) is 52.6 Å². The third-order valence-corrected chi connectivity index (χ3v) is 4.50. The highest BCUT2D eigenvalue weighted by Gasteiger charge is 2.22. The standard InChI is InChI=1S/C15H27N3S/c1-12-11-19-14(17-12)10-18-7-5-6-13(9-18)8-16-15(2,3)4/h11,13,16H,5-10H2,1-4H3. The van der Waals surface area contributed by atoms with Crippen molar-refractivity contribution in [2.24, 2.45) is 5.92 Å². The van der Waals surface area contributed by atoms with E-state index in [0.29, 0.717) is 0 Å². The highest BCUT2D eigenvalue weighted by molar-refractivity contribution is 7.09. The van der Waals surface area contributed by atoms with E-state index < -0.39 is 0 Å². The van der Waals surface area contributed by atoms with Crippen molar-refractivity contribution in [1.82, 2.24) is 15.2 Å². The van der Waals surface area contributed by atoms with Crippen molar-refractivity contribution in [2.75, 3.05) is 19.6 Å². The van der Waals surface area contributed by atoms with E-state index in [1.807, 2.05) is 0 Å². The van der Waals surface area contributed by atoms with Crippen LogP contribution in [-0.4, -0.2) is 35.1 Å². The Hall–Kier alpha value is -0.450. The van der Waals surface area contributed by atoms with Gasteiger partial charge in [-0.05, 0) is 59.5 Å². The number of aryl methyl sites for hydroxylation is 1. The van der Waals surface area contributed by atoms with Gasteiger partial charge >= 0.3 is 0 Å². The molecule has 2 heterocycles. The topological polar surface area (TPSA) is 28.2 Å². The Bertz CT molecular complexity index is 394. The van der Waals surface area contributed by atoms with Crippen molar-refractivity contribution in [3.05, 3.63) is 16.1 Å². The van der Waals surface area contributed by atoms with Gasteiger partial charge in [0.1, 0.15) is 5.01 Å². The Morgan fingerprint density at radius 2 is 2.26 bits per heavy atom. The van der Waals surface area contributed by atoms with Crippen LogP contribution in [0.1, 0.15) is 44.3 Å². The molecule has 1 aromatic heterocycles. The number of hydrogen-bond acceptors (Lipinski definition) is 4. The minimum Gasteiger partial charge on any atom is -0.312 e. The monoisotopic (exact) mass is 281 g/mol. The fraction of sp³-hybridized carbons (Fsp3) is 0.800. The van der Waals surface area contributed by atoms with Crippen LogP contribution in [-0.2, 0) is 6.54 Å². The Kier molecular flexibility index (Phi) is 4.98. The molecule has 0 aliphatic carbocycles. The lowest BCUT2D eigenvalue weighted by molar-refractivity contribution is 0.159. The van der Waals surface area contributed by atoms with Crippen molar-refractivity contribution in [3.63, 3.8) is 0 Å². The SMILES string of the molecule is Cc1csc(CN2CCCC(CNC(C)(C)C)C2)n1. The molecule has 0 saturated carbocycles. The minimum atomic E-state index is 0.231. The third-order valence-electron chi connectivity index (χ3n) is 3.55. The van der Waals surface area contributed by atoms with Crippen LogP contribution in [0.15, 0.2) is 5.38 Å². The summed E-state index contributed by atoms with van der Waals surface area (Å²) in [6, 6.07) is 0. The molecule has 0 spiro atoms. The van der Waals surface area contributed by atoms with Crippen LogP contribution in [0.4, 0.5) is 0 Å². The van der Waals surface area contributed by atoms with Crippen LogP contribution in [0, 0.1) is 12.8 Å². The summed E-state index contributed by atoms with van der Waals surface area (Å²) >= 11 is 1.79. The van der Waals surface area contributed by atoms with E-state index in [0.717, 1.165) is 24.7 Å². The first kappa shape index (κ1) is 14.9. The number of hydrogen-bond donors (Lipinski definition) is 1. The molecular weight excluding hydrogens is 254 g/mol. The van der Waals surface area contributed by atoms with Gasteiger partial charge in [0.15, 0.2) is 0 Å². The number of nitrogens with zero attached hydrogens (tertiary/aromatic N) is 2. The van der Waals surface area contributed by atoms with Gasteiger partial charge in [0.05, 0.1) is 6.54 Å². The van der Waals surface area contributed by atoms with E-state index in [4.69, 9.17) is 0 Å². The molecule has 2 rings (SSSR count). The molecule has 1 aromatic rings. The largest absolute Gasteiger partial charge is 0.312 e. The molecule has 4 heteroatoms. The van der Waals surface area contributed by atoms with Gasteiger partial charge in [-0.25, -0.2) is 4.98 Å². The zero-order valence-corrected chi connectivity index (χ0v) is 13.5. The van der Waals surface area contributed by atoms with Gasteiger partial charge in [-0.3, -0.25) is 4.90 Å². The molecule has 1 aliphatic rings. The number of aromatic nitrogens is 1. The first-order valence-electron chi connectivity index (χ1n) is 7.31. The highest BCUT2D eigenvalue weighted by Crippen LogP contribution is 2.20. The van der Waals surface area contributed by atoms with Gasteiger partial charge in [-0.15, -0.1) is 11.3 Å². The second kappa shape index (κ2) is 6.33. The van der Waals surface area contributed by atoms with Gasteiger partial charge in [-0.1, -0.05) is 0 Å². The summed E-state index contributed by atoms with van der Waals surface area (Å²) in [5.74, 6) is 0.786. The summed E-state index contributed by atoms with van der Waals surface area (Å²) in [6.07, 6.45) is 2.68. The van der Waals surface area contributed by atoms with E-state index in [1.165, 1.54) is 30.9 Å². The molecule has 3 nitrogen and oxygen atoms in total. The van der Waals surface area contributed by atoms with E-state index >= 15 is 0 Å². The summed E-state index contributed by atoms with van der Waals surface area (Å²) in [5.41, 5.74) is 1.39. The highest BCUT2D eigenvalue weighted by atomic mass is 32.1. The van der Waals surface area contributed by atoms with Crippen LogP contribution >= 0.6 is 11.3 Å². The first-order chi connectivity index (χ1) is 8.92. The average Bonchev–Trinajstić information content (AvgIpc) is 2.72. The lowest BCUT2D eigenvalue weighted by atomic mass is 9.96. The maximum Gasteiger partial charge on any atom is 0.107 e. The third kappa shape index (κ3) is 5.21. The number of thiazole rings is 1. The van der Waals surface area contributed by atoms with Crippen LogP contribution in [0.25, 0.3) is 0 Å². The number of piperidine rings is 1. The van der Waals surface area contributed by atoms with Gasteiger partial charge < -0.3 is 5.32 Å². The van der Waals surface area contributed by atoms with Crippen LogP contribution in [0.2, 0.25) is 0 Å². The molecule has 1 aliphatic heterocycles. The fourth-order valence-corrected chi connectivity index (χ4v) is 3.39. The second-order valence-corrected chi connectivity index (χ2v) is 7.70. The van der Waals surface area contributed by atoms with Gasteiger partial charge in [0, 0.05) is 23.2 Å². The maximum atomic E-state index is 4.58. The van der Waals surface area contributed by atoms with Gasteiger partial charge in [0.25, 0.3) is 0 Å². The summed E-state index contributed by atoms with van der Waals surface area (Å²) in [6.45, 7) is 13.4. The molecule has 1 unspecified atom stereocenters. The summed E-state index contributed by atoms with van der Waals surface area (Å²) < 4.78 is 0. The predicted octanol–water partition coefficient (Wildman–Crippen LogP) is 3.05. The van der Waals surface area contributed by atoms with Crippen molar-refractivity contribution < 1.29 is 0 Å². The Labute approximate surface area is 121 Å². The Morgan fingerprint density at radius 3 is 2.89 bits per heavy atom. The van der Waals surface area contributed by atoms with E-state index in [-0.39, 0.29) is 5.54 Å². The normalized spacial score (nSPS) is 21.8. The first-order valence-corrected chi connectivity index (χ1v) is 8.19. The quantitative estimate of drug-likeness (QED) is 0.919. The Morgan fingerprint density at radius 1 is 1.47 bits per heavy atom. The fourth-order valence-electron chi connectivity index (χ4n) is 2.58. The van der Waals surface area contributed by atoms with E-state index in [9.17, 15) is 0 Å². The molecule has 108 valence electrons. The van der Waals surface area contributed by atoms with Crippen molar-refractivity contribution in [1.29, 1.82) is 0 Å². The predicted molar refractivity (Wildman–Crippen MR) is 82.6 cm³/mol. The van der Waals surface area contributed by atoms with Gasteiger partial charge in [0.2, 0.25) is 0 Å². The average molecular weight is 281 g/mol. The van der Waals surface area contributed by atoms with E-state index in [1.54, 1.807) is 11.3 Å². The van der Waals surface area contributed by atoms with E-state index in [2.05, 4.69) is 48.3 Å². The molecule has 19 heavy (non-hydrogen) atoms. The molecule has 0 aromatic carbocycles. The minimum absolute atomic E-state index is 0.231. The number of likely N-dealkylation sites (tertiary alicyclic amines) is 1. The molecule has 1 fully saturated rings. The van der Waals surface area contributed by atoms with Gasteiger partial charge in [-0.2, -0.15) is 0 Å². The van der Waals surface area contributed by atoms with Crippen LogP contribution < -0.4 is 5.32 Å². The van der Waals surface area contributed by atoms with Crippen molar-refractivity contribution >= 4 is 11.3 Å². The molecule has 0 radical (unpaired) electrons. The summed E-state index contributed by atoms with van der Waals surface area (Å²) in [5, 5.41) is 7.06. The summed E-state index contributed by atoms with van der Waals surface area (Å²) in [4.78, 5) is 7.14. The second-order valence-electron chi connectivity index (χ2n) is 6.76. The maximum absolute atomic E-state index is 4.58. The smallest absolute Gasteiger partial charge is 0.107 e. The Balaban J connectivity index is 1.80. The van der Waals surface area contributed by atoms with Crippen LogP contribution in [0.5, 0.6) is 0 Å². The molecular formula is C15H27N3S. The zero-order valence-electron chi connectivity index (χ0n) is 12.7. The molecule has 1 saturated heterocycles. The van der Waals surface area contributed by atoms with Crippen LogP contribution in [0.3, 0.4) is 0 Å². The lowest BCUT2D eigenvalue weighted by Gasteiger charge is -2.34. The number of rotatable bonds is 4. The zero-order chi connectivity index (χ0) is 13.9. The molecule has 1 atom stereocenters. The van der Waals surface area contributed by atoms with Crippen molar-refractivity contribution in [3.8, 4) is 0 Å². The lowest BCUT2D eigenvalue weighted by Crippen LogP contribution is -2.44. The molecule has 0 amide bonds. The molecule has 0 bridgehead atoms. The molecule has 1 N–H and O–H groups in total.